The Hall–Kier alpha value is -0.640. The molecular formula is C9H16N2OS. The number of hydrogen-bond donors (Lipinski definition) is 2. The van der Waals surface area contributed by atoms with Gasteiger partial charge in [0.25, 0.3) is 0 Å². The van der Waals surface area contributed by atoms with E-state index in [1.807, 2.05) is 0 Å². The maximum absolute atomic E-state index is 11.5. The van der Waals surface area contributed by atoms with Crippen LogP contribution in [0.15, 0.2) is 0 Å². The Balaban J connectivity index is 2.45. The van der Waals surface area contributed by atoms with Crippen LogP contribution < -0.4 is 11.1 Å². The highest BCUT2D eigenvalue weighted by Crippen LogP contribution is 2.31. The third kappa shape index (κ3) is 2.40. The first-order chi connectivity index (χ1) is 5.94. The summed E-state index contributed by atoms with van der Waals surface area (Å²) in [6.45, 7) is 3.79. The van der Waals surface area contributed by atoms with Gasteiger partial charge in [0.15, 0.2) is 0 Å². The Labute approximate surface area is 84.1 Å². The van der Waals surface area contributed by atoms with Crippen LogP contribution in [0, 0.1) is 5.92 Å². The Bertz CT molecular complexity index is 236. The summed E-state index contributed by atoms with van der Waals surface area (Å²) in [5.74, 6) is -0.401. The summed E-state index contributed by atoms with van der Waals surface area (Å²) >= 11 is 4.75. The number of thiocarbonyl (C=S) groups is 1. The number of carbonyl (C=O) groups is 1. The van der Waals surface area contributed by atoms with Crippen LogP contribution in [-0.4, -0.2) is 16.4 Å². The first-order valence-electron chi connectivity index (χ1n) is 4.56. The summed E-state index contributed by atoms with van der Waals surface area (Å²) in [5, 5.41) is 2.97. The second-order valence-corrected chi connectivity index (χ2v) is 4.50. The van der Waals surface area contributed by atoms with Crippen LogP contribution in [0.5, 0.6) is 0 Å². The predicted octanol–water partition coefficient (Wildman–Crippen LogP) is 0.967. The van der Waals surface area contributed by atoms with E-state index in [0.29, 0.717) is 0 Å². The molecule has 1 fully saturated rings. The number of rotatable bonds is 3. The highest BCUT2D eigenvalue weighted by Gasteiger charge is 2.34. The molecule has 74 valence electrons. The van der Waals surface area contributed by atoms with Gasteiger partial charge in [0.1, 0.15) is 0 Å². The van der Waals surface area contributed by atoms with E-state index in [0.717, 1.165) is 12.8 Å². The van der Waals surface area contributed by atoms with Gasteiger partial charge in [0.2, 0.25) is 5.91 Å². The second kappa shape index (κ2) is 3.62. The minimum atomic E-state index is -0.354. The van der Waals surface area contributed by atoms with Gasteiger partial charge in [0.05, 0.1) is 10.9 Å². The normalized spacial score (nSPS) is 21.4. The Morgan fingerprint density at radius 1 is 1.62 bits per heavy atom. The van der Waals surface area contributed by atoms with Gasteiger partial charge in [-0.2, -0.15) is 0 Å². The van der Waals surface area contributed by atoms with Crippen LogP contribution in [-0.2, 0) is 4.79 Å². The van der Waals surface area contributed by atoms with Crippen LogP contribution in [0.4, 0.5) is 0 Å². The van der Waals surface area contributed by atoms with Crippen LogP contribution in [0.3, 0.4) is 0 Å². The lowest BCUT2D eigenvalue weighted by Gasteiger charge is -2.39. The van der Waals surface area contributed by atoms with Gasteiger partial charge in [-0.3, -0.25) is 4.79 Å². The fourth-order valence-electron chi connectivity index (χ4n) is 1.37. The second-order valence-electron chi connectivity index (χ2n) is 4.03. The standard InChI is InChI=1S/C9H16N2OS/c1-6(7(10)13)8(12)11-9(2)4-3-5-9/h6H,3-5H2,1-2H3,(H2,10,13)(H,11,12). The predicted molar refractivity (Wildman–Crippen MR) is 56.3 cm³/mol. The maximum Gasteiger partial charge on any atom is 0.230 e. The van der Waals surface area contributed by atoms with E-state index in [9.17, 15) is 4.79 Å². The highest BCUT2D eigenvalue weighted by molar-refractivity contribution is 7.80. The molecule has 0 radical (unpaired) electrons. The summed E-state index contributed by atoms with van der Waals surface area (Å²) in [7, 11) is 0. The number of amides is 1. The molecule has 13 heavy (non-hydrogen) atoms. The molecule has 0 aromatic heterocycles. The summed E-state index contributed by atoms with van der Waals surface area (Å²) in [5.41, 5.74) is 5.38. The van der Waals surface area contributed by atoms with Crippen molar-refractivity contribution < 1.29 is 4.79 Å². The SMILES string of the molecule is CC(C(=O)NC1(C)CCC1)C(N)=S. The van der Waals surface area contributed by atoms with E-state index < -0.39 is 0 Å². The number of hydrogen-bond acceptors (Lipinski definition) is 2. The molecule has 0 aromatic rings. The summed E-state index contributed by atoms with van der Waals surface area (Å²) < 4.78 is 0. The van der Waals surface area contributed by atoms with Gasteiger partial charge in [-0.15, -0.1) is 0 Å². The van der Waals surface area contributed by atoms with Gasteiger partial charge in [-0.25, -0.2) is 0 Å². The van der Waals surface area contributed by atoms with Gasteiger partial charge >= 0.3 is 0 Å². The Kier molecular flexibility index (Phi) is 2.91. The molecule has 0 heterocycles. The topological polar surface area (TPSA) is 55.1 Å². The molecule has 1 saturated carbocycles. The first-order valence-corrected chi connectivity index (χ1v) is 4.97. The van der Waals surface area contributed by atoms with E-state index >= 15 is 0 Å². The van der Waals surface area contributed by atoms with Gasteiger partial charge in [-0.1, -0.05) is 12.2 Å². The van der Waals surface area contributed by atoms with E-state index in [2.05, 4.69) is 12.2 Å². The average Bonchev–Trinajstić information content (AvgIpc) is 1.99. The lowest BCUT2D eigenvalue weighted by atomic mass is 9.78. The largest absolute Gasteiger partial charge is 0.393 e. The van der Waals surface area contributed by atoms with Gasteiger partial charge in [0, 0.05) is 5.54 Å². The molecule has 3 nitrogen and oxygen atoms in total. The smallest absolute Gasteiger partial charge is 0.230 e. The molecule has 0 aliphatic heterocycles. The fraction of sp³-hybridized carbons (Fsp3) is 0.778. The fourth-order valence-corrected chi connectivity index (χ4v) is 1.47. The molecule has 1 atom stereocenters. The summed E-state index contributed by atoms with van der Waals surface area (Å²) in [6.07, 6.45) is 3.31. The third-order valence-corrected chi connectivity index (χ3v) is 3.06. The van der Waals surface area contributed by atoms with E-state index in [-0.39, 0.29) is 22.4 Å². The number of carbonyl (C=O) groups excluding carboxylic acids is 1. The minimum Gasteiger partial charge on any atom is -0.393 e. The number of nitrogens with one attached hydrogen (secondary N) is 1. The quantitative estimate of drug-likeness (QED) is 0.667. The van der Waals surface area contributed by atoms with E-state index in [1.54, 1.807) is 6.92 Å². The zero-order chi connectivity index (χ0) is 10.1. The molecule has 0 saturated heterocycles. The monoisotopic (exact) mass is 200 g/mol. The van der Waals surface area contributed by atoms with Crippen molar-refractivity contribution in [1.29, 1.82) is 0 Å². The van der Waals surface area contributed by atoms with E-state index in [1.165, 1.54) is 6.42 Å². The summed E-state index contributed by atoms with van der Waals surface area (Å²) in [6, 6.07) is 0. The minimum absolute atomic E-state index is 0.00384. The first kappa shape index (κ1) is 10.4. The van der Waals surface area contributed by atoms with Crippen molar-refractivity contribution in [3.05, 3.63) is 0 Å². The van der Waals surface area contributed by atoms with Crippen molar-refractivity contribution in [3.8, 4) is 0 Å². The van der Waals surface area contributed by atoms with Crippen molar-refractivity contribution in [1.82, 2.24) is 5.32 Å². The molecule has 0 bridgehead atoms. The maximum atomic E-state index is 11.5. The van der Waals surface area contributed by atoms with Crippen LogP contribution in [0.2, 0.25) is 0 Å². The van der Waals surface area contributed by atoms with Crippen molar-refractivity contribution in [2.45, 2.75) is 38.6 Å². The zero-order valence-electron chi connectivity index (χ0n) is 8.09. The molecule has 0 aromatic carbocycles. The molecular weight excluding hydrogens is 184 g/mol. The molecule has 1 aliphatic carbocycles. The van der Waals surface area contributed by atoms with Crippen molar-refractivity contribution in [3.63, 3.8) is 0 Å². The molecule has 1 amide bonds. The van der Waals surface area contributed by atoms with Gasteiger partial charge in [-0.05, 0) is 33.1 Å². The van der Waals surface area contributed by atoms with Crippen molar-refractivity contribution in [2.24, 2.45) is 11.7 Å². The lowest BCUT2D eigenvalue weighted by molar-refractivity contribution is -0.125. The average molecular weight is 200 g/mol. The third-order valence-electron chi connectivity index (χ3n) is 2.70. The van der Waals surface area contributed by atoms with Gasteiger partial charge < -0.3 is 11.1 Å². The Morgan fingerprint density at radius 3 is 2.46 bits per heavy atom. The molecule has 0 spiro atoms. The van der Waals surface area contributed by atoms with Crippen molar-refractivity contribution >= 4 is 23.1 Å². The molecule has 1 rings (SSSR count). The Morgan fingerprint density at radius 2 is 2.15 bits per heavy atom. The molecule has 1 aliphatic rings. The number of nitrogens with two attached hydrogens (primary N) is 1. The van der Waals surface area contributed by atoms with E-state index in [4.69, 9.17) is 18.0 Å². The zero-order valence-corrected chi connectivity index (χ0v) is 8.91. The molecule has 4 heteroatoms. The highest BCUT2D eigenvalue weighted by atomic mass is 32.1. The van der Waals surface area contributed by atoms with Crippen LogP contribution in [0.25, 0.3) is 0 Å². The van der Waals surface area contributed by atoms with Crippen LogP contribution >= 0.6 is 12.2 Å². The summed E-state index contributed by atoms with van der Waals surface area (Å²) in [4.78, 5) is 11.8. The molecule has 3 N–H and O–H groups in total. The molecule has 1 unspecified atom stereocenters. The van der Waals surface area contributed by atoms with Crippen LogP contribution in [0.1, 0.15) is 33.1 Å². The van der Waals surface area contributed by atoms with Crippen molar-refractivity contribution in [2.75, 3.05) is 0 Å². The lowest BCUT2D eigenvalue weighted by Crippen LogP contribution is -2.53.